The van der Waals surface area contributed by atoms with Gasteiger partial charge in [0.2, 0.25) is 5.13 Å². The minimum absolute atomic E-state index is 0.0325. The minimum atomic E-state index is -0.524. The van der Waals surface area contributed by atoms with Crippen LogP contribution in [0.1, 0.15) is 0 Å². The smallest absolute Gasteiger partial charge is 0.316 e. The summed E-state index contributed by atoms with van der Waals surface area (Å²) in [4.78, 5) is 26.9. The Bertz CT molecular complexity index is 646. The van der Waals surface area contributed by atoms with Crippen LogP contribution in [0.2, 0.25) is 0 Å². The molecule has 21 heavy (non-hydrogen) atoms. The molecule has 0 saturated carbocycles. The van der Waals surface area contributed by atoms with Gasteiger partial charge >= 0.3 is 5.97 Å². The van der Waals surface area contributed by atoms with Gasteiger partial charge in [0.1, 0.15) is 0 Å². The average molecular weight is 410 g/mol. The number of nitrogens with one attached hydrogen (secondary N) is 1. The Hall–Kier alpha value is -1.24. The van der Waals surface area contributed by atoms with Crippen LogP contribution in [0.3, 0.4) is 0 Å². The highest BCUT2D eigenvalue weighted by atomic mass is 79.9. The average Bonchev–Trinajstić information content (AvgIpc) is 3.03. The number of ether oxygens (including phenoxy) is 1. The van der Waals surface area contributed by atoms with Crippen LogP contribution in [-0.2, 0) is 14.3 Å². The van der Waals surface area contributed by atoms with Gasteiger partial charge in [0.15, 0.2) is 16.1 Å². The number of thioether (sulfide) groups is 1. The molecule has 8 nitrogen and oxygen atoms in total. The van der Waals surface area contributed by atoms with E-state index in [1.54, 1.807) is 6.20 Å². The van der Waals surface area contributed by atoms with Gasteiger partial charge < -0.3 is 10.5 Å². The predicted octanol–water partition coefficient (Wildman–Crippen LogP) is 1.61. The third-order valence-electron chi connectivity index (χ3n) is 1.82. The van der Waals surface area contributed by atoms with Crippen LogP contribution in [0.4, 0.5) is 10.3 Å². The first-order valence-corrected chi connectivity index (χ1v) is 8.72. The highest BCUT2D eigenvalue weighted by Gasteiger charge is 2.11. The number of thiazole rings is 1. The molecule has 0 bridgehead atoms. The van der Waals surface area contributed by atoms with Gasteiger partial charge in [-0.15, -0.1) is 10.2 Å². The Labute approximate surface area is 139 Å². The number of rotatable bonds is 6. The van der Waals surface area contributed by atoms with Gasteiger partial charge in [-0.3, -0.25) is 14.9 Å². The summed E-state index contributed by atoms with van der Waals surface area (Å²) in [5, 5.41) is 10.6. The van der Waals surface area contributed by atoms with Gasteiger partial charge in [-0.2, -0.15) is 0 Å². The van der Waals surface area contributed by atoms with E-state index in [2.05, 4.69) is 36.4 Å². The first-order chi connectivity index (χ1) is 10.0. The number of nitrogen functional groups attached to an aromatic ring is 1. The number of amides is 1. The van der Waals surface area contributed by atoms with Crippen molar-refractivity contribution in [3.8, 4) is 0 Å². The van der Waals surface area contributed by atoms with E-state index in [-0.39, 0.29) is 12.4 Å². The molecule has 0 aliphatic carbocycles. The van der Waals surface area contributed by atoms with Crippen LogP contribution >= 0.6 is 50.4 Å². The monoisotopic (exact) mass is 409 g/mol. The van der Waals surface area contributed by atoms with Crippen LogP contribution < -0.4 is 11.1 Å². The maximum Gasteiger partial charge on any atom is 0.316 e. The molecule has 2 heterocycles. The highest BCUT2D eigenvalue weighted by Crippen LogP contribution is 2.24. The molecule has 0 atom stereocenters. The molecule has 0 aliphatic heterocycles. The van der Waals surface area contributed by atoms with Crippen LogP contribution in [0.25, 0.3) is 0 Å². The number of hydrogen-bond acceptors (Lipinski definition) is 10. The standard InChI is InChI=1S/C9H8BrN5O3S3/c10-4-1-12-8(20-4)13-5(16)2-18-6(17)3-19-9-15-14-7(11)21-9/h1H,2-3H2,(H2,11,14)(H,12,13,16). The minimum Gasteiger partial charge on any atom is -0.455 e. The van der Waals surface area contributed by atoms with Crippen molar-refractivity contribution < 1.29 is 14.3 Å². The quantitative estimate of drug-likeness (QED) is 0.545. The molecule has 0 spiro atoms. The number of hydrogen-bond donors (Lipinski definition) is 2. The predicted molar refractivity (Wildman–Crippen MR) is 84.4 cm³/mol. The van der Waals surface area contributed by atoms with Crippen LogP contribution in [0.15, 0.2) is 14.3 Å². The topological polar surface area (TPSA) is 120 Å². The van der Waals surface area contributed by atoms with Crippen molar-refractivity contribution in [1.29, 1.82) is 0 Å². The van der Waals surface area contributed by atoms with E-state index < -0.39 is 11.9 Å². The van der Waals surface area contributed by atoms with Crippen molar-refractivity contribution in [3.05, 3.63) is 9.98 Å². The maximum atomic E-state index is 11.5. The largest absolute Gasteiger partial charge is 0.455 e. The normalized spacial score (nSPS) is 10.3. The second kappa shape index (κ2) is 7.68. The fourth-order valence-electron chi connectivity index (χ4n) is 1.05. The van der Waals surface area contributed by atoms with Gasteiger partial charge in [-0.05, 0) is 15.9 Å². The molecule has 112 valence electrons. The number of aromatic nitrogens is 3. The third-order valence-corrected chi connectivity index (χ3v) is 5.07. The van der Waals surface area contributed by atoms with Gasteiger partial charge in [0, 0.05) is 0 Å². The molecule has 1 amide bonds. The van der Waals surface area contributed by atoms with Crippen LogP contribution in [0.5, 0.6) is 0 Å². The lowest BCUT2D eigenvalue weighted by molar-refractivity contribution is -0.144. The summed E-state index contributed by atoms with van der Waals surface area (Å²) < 4.78 is 6.19. The summed E-state index contributed by atoms with van der Waals surface area (Å²) in [6.07, 6.45) is 1.57. The SMILES string of the molecule is Nc1nnc(SCC(=O)OCC(=O)Nc2ncc(Br)s2)s1. The zero-order valence-corrected chi connectivity index (χ0v) is 14.3. The van der Waals surface area contributed by atoms with E-state index in [9.17, 15) is 9.59 Å². The van der Waals surface area contributed by atoms with Crippen LogP contribution in [-0.4, -0.2) is 39.4 Å². The molecular weight excluding hydrogens is 402 g/mol. The highest BCUT2D eigenvalue weighted by molar-refractivity contribution is 9.11. The molecule has 2 aromatic heterocycles. The lowest BCUT2D eigenvalue weighted by Crippen LogP contribution is -2.21. The van der Waals surface area contributed by atoms with Crippen molar-refractivity contribution in [1.82, 2.24) is 15.2 Å². The van der Waals surface area contributed by atoms with E-state index >= 15 is 0 Å². The number of halogens is 1. The summed E-state index contributed by atoms with van der Waals surface area (Å²) in [6.45, 7) is -0.366. The molecule has 0 fully saturated rings. The molecule has 2 aromatic rings. The van der Waals surface area contributed by atoms with Crippen LogP contribution in [0, 0.1) is 0 Å². The lowest BCUT2D eigenvalue weighted by atomic mass is 10.6. The number of nitrogens with two attached hydrogens (primary N) is 1. The van der Waals surface area contributed by atoms with E-state index in [0.29, 0.717) is 14.6 Å². The molecule has 0 aromatic carbocycles. The first-order valence-electron chi connectivity index (χ1n) is 5.31. The lowest BCUT2D eigenvalue weighted by Gasteiger charge is -2.03. The van der Waals surface area contributed by atoms with Crippen molar-refractivity contribution in [2.24, 2.45) is 0 Å². The third kappa shape index (κ3) is 5.57. The molecule has 0 aliphatic rings. The van der Waals surface area contributed by atoms with Crippen molar-refractivity contribution in [3.63, 3.8) is 0 Å². The number of anilines is 2. The zero-order chi connectivity index (χ0) is 15.2. The number of carbonyl (C=O) groups is 2. The van der Waals surface area contributed by atoms with E-state index in [0.717, 1.165) is 15.5 Å². The number of carbonyl (C=O) groups excluding carboxylic acids is 2. The second-order valence-corrected chi connectivity index (χ2v) is 8.01. The summed E-state index contributed by atoms with van der Waals surface area (Å²) in [5.41, 5.74) is 5.41. The second-order valence-electron chi connectivity index (χ2n) is 3.37. The summed E-state index contributed by atoms with van der Waals surface area (Å²) in [6, 6.07) is 0. The molecule has 12 heteroatoms. The number of esters is 1. The summed E-state index contributed by atoms with van der Waals surface area (Å²) >= 11 is 6.82. The van der Waals surface area contributed by atoms with E-state index in [4.69, 9.17) is 10.5 Å². The Morgan fingerprint density at radius 3 is 2.86 bits per heavy atom. The summed E-state index contributed by atoms with van der Waals surface area (Å²) in [7, 11) is 0. The Morgan fingerprint density at radius 2 is 2.24 bits per heavy atom. The van der Waals surface area contributed by atoms with Gasteiger partial charge in [-0.1, -0.05) is 34.4 Å². The fourth-order valence-corrected chi connectivity index (χ4v) is 3.61. The summed E-state index contributed by atoms with van der Waals surface area (Å²) in [5.74, 6) is -0.940. The molecular formula is C9H8BrN5O3S3. The molecule has 3 N–H and O–H groups in total. The molecule has 0 saturated heterocycles. The first kappa shape index (κ1) is 16.1. The van der Waals surface area contributed by atoms with Gasteiger partial charge in [-0.25, -0.2) is 4.98 Å². The Morgan fingerprint density at radius 1 is 1.43 bits per heavy atom. The molecule has 2 rings (SSSR count). The van der Waals surface area contributed by atoms with Gasteiger partial charge in [0.25, 0.3) is 5.91 Å². The van der Waals surface area contributed by atoms with E-state index in [1.165, 1.54) is 22.7 Å². The van der Waals surface area contributed by atoms with E-state index in [1.807, 2.05) is 0 Å². The van der Waals surface area contributed by atoms with Crippen molar-refractivity contribution in [2.75, 3.05) is 23.4 Å². The number of nitrogens with zero attached hydrogens (tertiary/aromatic N) is 3. The molecule has 0 unspecified atom stereocenters. The Balaban J connectivity index is 1.67. The van der Waals surface area contributed by atoms with Gasteiger partial charge in [0.05, 0.1) is 15.7 Å². The van der Waals surface area contributed by atoms with Crippen molar-refractivity contribution >= 4 is 72.5 Å². The van der Waals surface area contributed by atoms with Crippen molar-refractivity contribution in [2.45, 2.75) is 4.34 Å². The Kier molecular flexibility index (Phi) is 5.90. The zero-order valence-electron chi connectivity index (χ0n) is 10.2. The molecule has 0 radical (unpaired) electrons. The fraction of sp³-hybridized carbons (Fsp3) is 0.222. The maximum absolute atomic E-state index is 11.5.